The van der Waals surface area contributed by atoms with E-state index in [-0.39, 0.29) is 17.4 Å². The number of carbonyl (C=O) groups is 1. The second-order valence-electron chi connectivity index (χ2n) is 10.1. The van der Waals surface area contributed by atoms with Gasteiger partial charge in [-0.15, -0.1) is 0 Å². The van der Waals surface area contributed by atoms with Crippen LogP contribution in [-0.4, -0.2) is 61.1 Å². The van der Waals surface area contributed by atoms with Gasteiger partial charge >= 0.3 is 0 Å². The van der Waals surface area contributed by atoms with Gasteiger partial charge in [-0.3, -0.25) is 9.78 Å². The first-order valence-electron chi connectivity index (χ1n) is 12.1. The van der Waals surface area contributed by atoms with Crippen LogP contribution in [0.5, 0.6) is 5.88 Å². The number of carbonyl (C=O) groups excluding carboxylic acids is 1. The lowest BCUT2D eigenvalue weighted by molar-refractivity contribution is -0.119. The molecule has 0 bridgehead atoms. The quantitative estimate of drug-likeness (QED) is 0.502. The zero-order valence-electron chi connectivity index (χ0n) is 20.7. The smallest absolute Gasteiger partial charge is 0.237 e. The fourth-order valence-electron chi connectivity index (χ4n) is 4.93. The fourth-order valence-corrected chi connectivity index (χ4v) is 4.93. The first-order valence-corrected chi connectivity index (χ1v) is 12.1. The Hall–Kier alpha value is -3.19. The number of amides is 1. The lowest BCUT2D eigenvalue weighted by atomic mass is 9.92. The molecule has 0 saturated heterocycles. The molecule has 3 aromatic rings. The van der Waals surface area contributed by atoms with Gasteiger partial charge < -0.3 is 19.9 Å². The maximum atomic E-state index is 12.9. The van der Waals surface area contributed by atoms with E-state index in [0.29, 0.717) is 12.5 Å². The molecule has 0 unspecified atom stereocenters. The number of hydrogen-bond donors (Lipinski definition) is 1. The van der Waals surface area contributed by atoms with Crippen LogP contribution in [0.4, 0.5) is 11.4 Å². The minimum absolute atomic E-state index is 0.197. The summed E-state index contributed by atoms with van der Waals surface area (Å²) in [6.45, 7) is 5.81. The number of hydrogen-bond acceptors (Lipinski definition) is 6. The van der Waals surface area contributed by atoms with Crippen LogP contribution in [0.3, 0.4) is 0 Å². The summed E-state index contributed by atoms with van der Waals surface area (Å²) in [5, 5.41) is 4.55. The van der Waals surface area contributed by atoms with Gasteiger partial charge in [0.2, 0.25) is 11.8 Å². The molecule has 2 aromatic heterocycles. The van der Waals surface area contributed by atoms with E-state index < -0.39 is 0 Å². The monoisotopic (exact) mass is 459 g/mol. The number of aromatic nitrogens is 2. The normalized spacial score (nSPS) is 16.1. The van der Waals surface area contributed by atoms with Crippen LogP contribution < -0.4 is 15.0 Å². The van der Waals surface area contributed by atoms with Crippen LogP contribution in [0.1, 0.15) is 38.7 Å². The molecule has 7 nitrogen and oxygen atoms in total. The third kappa shape index (κ3) is 3.88. The molecule has 1 fully saturated rings. The molecule has 2 aliphatic rings. The van der Waals surface area contributed by atoms with E-state index in [4.69, 9.17) is 4.74 Å². The Balaban J connectivity index is 1.51. The summed E-state index contributed by atoms with van der Waals surface area (Å²) in [5.74, 6) is 0.826. The zero-order valence-corrected chi connectivity index (χ0v) is 20.7. The van der Waals surface area contributed by atoms with Gasteiger partial charge in [-0.25, -0.2) is 4.98 Å². The molecule has 34 heavy (non-hydrogen) atoms. The standard InChI is InChI=1S/C27H33N5O2/c1-17(2)30-22-14-19(15-29-25(22)34-12-6-11-31(3)4)18-7-8-21-20(13-18)24-23(16-28-21)32(5)26(33)27(24)9-10-27/h7-8,13-17,30H,6,9-12H2,1-5H3. The van der Waals surface area contributed by atoms with Crippen molar-refractivity contribution in [3.8, 4) is 17.0 Å². The number of likely N-dealkylation sites (N-methyl/N-ethyl adjacent to an activating group) is 1. The predicted octanol–water partition coefficient (Wildman–Crippen LogP) is 4.46. The Bertz CT molecular complexity index is 1250. The molecule has 1 saturated carbocycles. The number of rotatable bonds is 8. The van der Waals surface area contributed by atoms with Crippen LogP contribution in [0.2, 0.25) is 0 Å². The summed E-state index contributed by atoms with van der Waals surface area (Å²) in [6.07, 6.45) is 6.48. The van der Waals surface area contributed by atoms with Crippen molar-refractivity contribution in [2.45, 2.75) is 44.6 Å². The van der Waals surface area contributed by atoms with Crippen molar-refractivity contribution >= 4 is 28.2 Å². The van der Waals surface area contributed by atoms with Gasteiger partial charge in [-0.1, -0.05) is 6.07 Å². The van der Waals surface area contributed by atoms with Crippen molar-refractivity contribution in [1.82, 2.24) is 14.9 Å². The van der Waals surface area contributed by atoms with E-state index in [9.17, 15) is 4.79 Å². The minimum atomic E-state index is -0.350. The third-order valence-corrected chi connectivity index (χ3v) is 6.77. The average molecular weight is 460 g/mol. The van der Waals surface area contributed by atoms with Crippen LogP contribution in [0.15, 0.2) is 36.7 Å². The molecule has 1 aliphatic heterocycles. The van der Waals surface area contributed by atoms with Gasteiger partial charge in [-0.2, -0.15) is 0 Å². The van der Waals surface area contributed by atoms with E-state index in [1.807, 2.05) is 25.5 Å². The van der Waals surface area contributed by atoms with E-state index >= 15 is 0 Å². The summed E-state index contributed by atoms with van der Waals surface area (Å²) < 4.78 is 6.02. The number of anilines is 2. The first-order chi connectivity index (χ1) is 16.3. The number of pyridine rings is 2. The number of nitrogens with one attached hydrogen (secondary N) is 1. The molecule has 1 aromatic carbocycles. The van der Waals surface area contributed by atoms with Gasteiger partial charge in [0.25, 0.3) is 0 Å². The largest absolute Gasteiger partial charge is 0.476 e. The van der Waals surface area contributed by atoms with Crippen LogP contribution in [0, 0.1) is 0 Å². The molecule has 1 N–H and O–H groups in total. The SMILES string of the molecule is CC(C)Nc1cc(-c2ccc3ncc4c(c3c2)C2(CC2)C(=O)N4C)cnc1OCCCN(C)C. The van der Waals surface area contributed by atoms with Crippen molar-refractivity contribution in [3.63, 3.8) is 0 Å². The molecule has 7 heteroatoms. The summed E-state index contributed by atoms with van der Waals surface area (Å²) in [6, 6.07) is 8.65. The highest BCUT2D eigenvalue weighted by molar-refractivity contribution is 6.14. The Morgan fingerprint density at radius 2 is 1.94 bits per heavy atom. The van der Waals surface area contributed by atoms with Gasteiger partial charge in [0.1, 0.15) is 0 Å². The summed E-state index contributed by atoms with van der Waals surface area (Å²) in [4.78, 5) is 26.2. The maximum absolute atomic E-state index is 12.9. The van der Waals surface area contributed by atoms with Crippen molar-refractivity contribution in [2.75, 3.05) is 44.5 Å². The number of benzene rings is 1. The van der Waals surface area contributed by atoms with Crippen molar-refractivity contribution < 1.29 is 9.53 Å². The molecule has 3 heterocycles. The van der Waals surface area contributed by atoms with E-state index in [1.54, 1.807) is 4.90 Å². The molecule has 1 amide bonds. The lowest BCUT2D eigenvalue weighted by Gasteiger charge is -2.17. The Morgan fingerprint density at radius 3 is 2.65 bits per heavy atom. The van der Waals surface area contributed by atoms with Gasteiger partial charge in [0.05, 0.1) is 35.1 Å². The van der Waals surface area contributed by atoms with E-state index in [1.165, 1.54) is 0 Å². The lowest BCUT2D eigenvalue weighted by Crippen LogP contribution is -2.28. The molecular weight excluding hydrogens is 426 g/mol. The Kier molecular flexibility index (Phi) is 5.68. The molecular formula is C27H33N5O2. The summed E-state index contributed by atoms with van der Waals surface area (Å²) >= 11 is 0. The van der Waals surface area contributed by atoms with Gasteiger partial charge in [0, 0.05) is 42.3 Å². The molecule has 0 atom stereocenters. The summed E-state index contributed by atoms with van der Waals surface area (Å²) in [5.41, 5.74) is 5.60. The van der Waals surface area contributed by atoms with Crippen LogP contribution in [-0.2, 0) is 10.2 Å². The average Bonchev–Trinajstić information content (AvgIpc) is 3.58. The first kappa shape index (κ1) is 22.6. The number of ether oxygens (including phenoxy) is 1. The van der Waals surface area contributed by atoms with Crippen molar-refractivity contribution in [2.24, 2.45) is 0 Å². The van der Waals surface area contributed by atoms with Crippen molar-refractivity contribution in [3.05, 3.63) is 42.2 Å². The second-order valence-corrected chi connectivity index (χ2v) is 10.1. The highest BCUT2D eigenvalue weighted by Gasteiger charge is 2.59. The molecule has 1 spiro atoms. The molecule has 178 valence electrons. The highest BCUT2D eigenvalue weighted by atomic mass is 16.5. The van der Waals surface area contributed by atoms with Crippen LogP contribution >= 0.6 is 0 Å². The van der Waals surface area contributed by atoms with Gasteiger partial charge in [-0.05, 0) is 71.0 Å². The molecule has 0 radical (unpaired) electrons. The fraction of sp³-hybridized carbons (Fsp3) is 0.444. The molecule has 5 rings (SSSR count). The Morgan fingerprint density at radius 1 is 1.15 bits per heavy atom. The highest BCUT2D eigenvalue weighted by Crippen LogP contribution is 2.58. The second kappa shape index (κ2) is 8.55. The topological polar surface area (TPSA) is 70.6 Å². The zero-order chi connectivity index (χ0) is 24.0. The Labute approximate surface area is 201 Å². The van der Waals surface area contributed by atoms with Gasteiger partial charge in [0.15, 0.2) is 0 Å². The number of fused-ring (bicyclic) bond motifs is 4. The summed E-state index contributed by atoms with van der Waals surface area (Å²) in [7, 11) is 5.98. The molecule has 1 aliphatic carbocycles. The number of nitrogens with zero attached hydrogens (tertiary/aromatic N) is 4. The predicted molar refractivity (Wildman–Crippen MR) is 137 cm³/mol. The van der Waals surface area contributed by atoms with E-state index in [2.05, 4.69) is 66.3 Å². The van der Waals surface area contributed by atoms with Crippen molar-refractivity contribution in [1.29, 1.82) is 0 Å². The third-order valence-electron chi connectivity index (χ3n) is 6.77. The maximum Gasteiger partial charge on any atom is 0.237 e. The minimum Gasteiger partial charge on any atom is -0.476 e. The van der Waals surface area contributed by atoms with E-state index in [0.717, 1.165) is 64.8 Å². The van der Waals surface area contributed by atoms with Crippen LogP contribution in [0.25, 0.3) is 22.0 Å².